The van der Waals surface area contributed by atoms with E-state index in [9.17, 15) is 4.79 Å². The topological polar surface area (TPSA) is 51.7 Å². The minimum atomic E-state index is 0.168. The number of Topliss-reactive ketones (excluding diaryl/α,β-unsaturated/α-hetero) is 1. The number of ketones is 1. The summed E-state index contributed by atoms with van der Waals surface area (Å²) < 4.78 is 12.0. The molecule has 1 saturated carbocycles. The molecule has 0 amide bonds. The van der Waals surface area contributed by atoms with Gasteiger partial charge in [0.05, 0.1) is 18.4 Å². The zero-order chi connectivity index (χ0) is 20.2. The number of pyridine rings is 1. The van der Waals surface area contributed by atoms with Crippen molar-refractivity contribution in [1.82, 2.24) is 4.98 Å². The maximum absolute atomic E-state index is 11.3. The van der Waals surface area contributed by atoms with Crippen molar-refractivity contribution in [3.05, 3.63) is 48.2 Å². The number of aromatic nitrogens is 1. The summed E-state index contributed by atoms with van der Waals surface area (Å²) in [5.41, 5.74) is 2.29. The Morgan fingerprint density at radius 2 is 1.90 bits per heavy atom. The van der Waals surface area contributed by atoms with Crippen LogP contribution in [0.4, 0.5) is 5.69 Å². The van der Waals surface area contributed by atoms with Crippen molar-refractivity contribution >= 4 is 11.5 Å². The van der Waals surface area contributed by atoms with E-state index in [2.05, 4.69) is 35.0 Å². The van der Waals surface area contributed by atoms with E-state index in [-0.39, 0.29) is 17.8 Å². The van der Waals surface area contributed by atoms with Crippen molar-refractivity contribution in [3.8, 4) is 11.6 Å². The quantitative estimate of drug-likeness (QED) is 0.646. The standard InChI is InChI=1S/C24H30N2O3/c1-17(14-18(2)27)19-6-9-22(10-7-19)28-23-12-13-26(16-23)20-8-11-24(25-15-20)29-21-4-3-5-21/h6-11,15,17,21,23H,3-5,12-14,16H2,1-2H3/t17-,23?/m1/s1. The van der Waals surface area contributed by atoms with Crippen LogP contribution in [0.15, 0.2) is 42.6 Å². The Morgan fingerprint density at radius 3 is 2.52 bits per heavy atom. The largest absolute Gasteiger partial charge is 0.489 e. The molecule has 1 unspecified atom stereocenters. The minimum absolute atomic E-state index is 0.168. The number of hydrogen-bond donors (Lipinski definition) is 0. The van der Waals surface area contributed by atoms with Gasteiger partial charge in [-0.2, -0.15) is 0 Å². The summed E-state index contributed by atoms with van der Waals surface area (Å²) in [5.74, 6) is 2.08. The number of ether oxygens (including phenoxy) is 2. The molecule has 0 spiro atoms. The van der Waals surface area contributed by atoms with Crippen molar-refractivity contribution in [1.29, 1.82) is 0 Å². The van der Waals surface area contributed by atoms with Gasteiger partial charge >= 0.3 is 0 Å². The Hall–Kier alpha value is -2.56. The van der Waals surface area contributed by atoms with Crippen molar-refractivity contribution < 1.29 is 14.3 Å². The summed E-state index contributed by atoms with van der Waals surface area (Å²) in [6.45, 7) is 5.54. The van der Waals surface area contributed by atoms with Gasteiger partial charge in [0.25, 0.3) is 0 Å². The van der Waals surface area contributed by atoms with Gasteiger partial charge in [-0.05, 0) is 55.9 Å². The molecule has 2 aromatic rings. The molecule has 1 aromatic heterocycles. The number of nitrogens with zero attached hydrogens (tertiary/aromatic N) is 2. The molecule has 5 heteroatoms. The molecule has 1 aliphatic carbocycles. The lowest BCUT2D eigenvalue weighted by molar-refractivity contribution is -0.117. The van der Waals surface area contributed by atoms with Gasteiger partial charge in [-0.25, -0.2) is 4.98 Å². The lowest BCUT2D eigenvalue weighted by Gasteiger charge is -2.26. The number of carbonyl (C=O) groups excluding carboxylic acids is 1. The summed E-state index contributed by atoms with van der Waals surface area (Å²) in [4.78, 5) is 18.1. The molecule has 5 nitrogen and oxygen atoms in total. The minimum Gasteiger partial charge on any atom is -0.489 e. The second-order valence-electron chi connectivity index (χ2n) is 8.38. The first-order chi connectivity index (χ1) is 14.1. The van der Waals surface area contributed by atoms with E-state index in [4.69, 9.17) is 9.47 Å². The average molecular weight is 395 g/mol. The normalized spacial score (nSPS) is 20.2. The van der Waals surface area contributed by atoms with E-state index >= 15 is 0 Å². The molecular weight excluding hydrogens is 364 g/mol. The Kier molecular flexibility index (Phi) is 6.02. The number of hydrogen-bond acceptors (Lipinski definition) is 5. The van der Waals surface area contributed by atoms with E-state index in [0.29, 0.717) is 12.5 Å². The van der Waals surface area contributed by atoms with Gasteiger partial charge < -0.3 is 19.2 Å². The fourth-order valence-corrected chi connectivity index (χ4v) is 3.96. The zero-order valence-corrected chi connectivity index (χ0v) is 17.3. The fraction of sp³-hybridized carbons (Fsp3) is 0.500. The molecule has 2 aliphatic rings. The first kappa shape index (κ1) is 19.7. The second-order valence-corrected chi connectivity index (χ2v) is 8.38. The number of rotatable bonds is 8. The van der Waals surface area contributed by atoms with Crippen LogP contribution in [0.3, 0.4) is 0 Å². The molecule has 29 heavy (non-hydrogen) atoms. The maximum Gasteiger partial charge on any atom is 0.213 e. The third-order valence-electron chi connectivity index (χ3n) is 5.92. The summed E-state index contributed by atoms with van der Waals surface area (Å²) in [6, 6.07) is 12.2. The molecule has 1 aliphatic heterocycles. The SMILES string of the molecule is CC(=O)C[C@@H](C)c1ccc(OC2CCN(c3ccc(OC4CCC4)nc3)C2)cc1. The van der Waals surface area contributed by atoms with E-state index in [0.717, 1.165) is 49.7 Å². The number of anilines is 1. The third kappa shape index (κ3) is 5.08. The summed E-state index contributed by atoms with van der Waals surface area (Å²) in [6.07, 6.45) is 7.55. The van der Waals surface area contributed by atoms with Crippen molar-refractivity contribution in [2.75, 3.05) is 18.0 Å². The molecular formula is C24H30N2O3. The van der Waals surface area contributed by atoms with Gasteiger partial charge in [-0.1, -0.05) is 19.1 Å². The van der Waals surface area contributed by atoms with Gasteiger partial charge in [-0.3, -0.25) is 0 Å². The summed E-state index contributed by atoms with van der Waals surface area (Å²) >= 11 is 0. The highest BCUT2D eigenvalue weighted by Gasteiger charge is 2.25. The number of benzene rings is 1. The van der Waals surface area contributed by atoms with Crippen LogP contribution < -0.4 is 14.4 Å². The molecule has 2 atom stereocenters. The lowest BCUT2D eigenvalue weighted by Crippen LogP contribution is -2.26. The molecule has 1 saturated heterocycles. The molecule has 0 radical (unpaired) electrons. The first-order valence-corrected chi connectivity index (χ1v) is 10.7. The summed E-state index contributed by atoms with van der Waals surface area (Å²) in [5, 5.41) is 0. The Bertz CT molecular complexity index is 815. The van der Waals surface area contributed by atoms with Crippen LogP contribution in [0.1, 0.15) is 57.4 Å². The second kappa shape index (κ2) is 8.85. The number of carbonyl (C=O) groups is 1. The van der Waals surface area contributed by atoms with Crippen LogP contribution in [0.2, 0.25) is 0 Å². The highest BCUT2D eigenvalue weighted by Crippen LogP contribution is 2.28. The average Bonchev–Trinajstić information content (AvgIpc) is 3.14. The van der Waals surface area contributed by atoms with Crippen LogP contribution >= 0.6 is 0 Å². The predicted octanol–water partition coefficient (Wildman–Crippen LogP) is 4.75. The Labute approximate surface area is 173 Å². The predicted molar refractivity (Wildman–Crippen MR) is 114 cm³/mol. The van der Waals surface area contributed by atoms with Gasteiger partial charge in [-0.15, -0.1) is 0 Å². The monoisotopic (exact) mass is 394 g/mol. The molecule has 2 fully saturated rings. The molecule has 2 heterocycles. The smallest absolute Gasteiger partial charge is 0.213 e. The Morgan fingerprint density at radius 1 is 1.10 bits per heavy atom. The molecule has 4 rings (SSSR count). The highest BCUT2D eigenvalue weighted by atomic mass is 16.5. The fourth-order valence-electron chi connectivity index (χ4n) is 3.96. The van der Waals surface area contributed by atoms with Gasteiger partial charge in [0.1, 0.15) is 23.7 Å². The van der Waals surface area contributed by atoms with Crippen molar-refractivity contribution in [2.24, 2.45) is 0 Å². The lowest BCUT2D eigenvalue weighted by atomic mass is 9.96. The molecule has 154 valence electrons. The van der Waals surface area contributed by atoms with Gasteiger partial charge in [0.2, 0.25) is 5.88 Å². The molecule has 1 aromatic carbocycles. The maximum atomic E-state index is 11.3. The van der Waals surface area contributed by atoms with E-state index in [1.54, 1.807) is 6.92 Å². The first-order valence-electron chi connectivity index (χ1n) is 10.7. The summed E-state index contributed by atoms with van der Waals surface area (Å²) in [7, 11) is 0. The third-order valence-corrected chi connectivity index (χ3v) is 5.92. The van der Waals surface area contributed by atoms with Crippen LogP contribution in [0, 0.1) is 0 Å². The van der Waals surface area contributed by atoms with Crippen molar-refractivity contribution in [3.63, 3.8) is 0 Å². The van der Waals surface area contributed by atoms with E-state index in [1.165, 1.54) is 12.0 Å². The highest BCUT2D eigenvalue weighted by molar-refractivity contribution is 5.76. The molecule has 0 bridgehead atoms. The van der Waals surface area contributed by atoms with Crippen molar-refractivity contribution in [2.45, 2.75) is 64.1 Å². The molecule has 0 N–H and O–H groups in total. The van der Waals surface area contributed by atoms with Crippen LogP contribution in [0.25, 0.3) is 0 Å². The Balaban J connectivity index is 1.29. The zero-order valence-electron chi connectivity index (χ0n) is 17.3. The van der Waals surface area contributed by atoms with Crippen LogP contribution in [-0.4, -0.2) is 36.1 Å². The van der Waals surface area contributed by atoms with E-state index in [1.807, 2.05) is 24.4 Å². The van der Waals surface area contributed by atoms with E-state index < -0.39 is 0 Å². The van der Waals surface area contributed by atoms with Gasteiger partial charge in [0, 0.05) is 25.5 Å². The van der Waals surface area contributed by atoms with Crippen LogP contribution in [-0.2, 0) is 4.79 Å². The van der Waals surface area contributed by atoms with Gasteiger partial charge in [0.15, 0.2) is 0 Å². The van der Waals surface area contributed by atoms with Crippen LogP contribution in [0.5, 0.6) is 11.6 Å².